The van der Waals surface area contributed by atoms with Crippen molar-refractivity contribution in [3.63, 3.8) is 0 Å². The van der Waals surface area contributed by atoms with Crippen molar-refractivity contribution in [2.24, 2.45) is 11.1 Å². The van der Waals surface area contributed by atoms with Gasteiger partial charge in [-0.05, 0) is 33.3 Å². The number of nitrogens with two attached hydrogens (primary N) is 1. The molecule has 0 aliphatic carbocycles. The summed E-state index contributed by atoms with van der Waals surface area (Å²) in [7, 11) is 0. The van der Waals surface area contributed by atoms with Crippen LogP contribution < -0.4 is 5.73 Å². The highest BCUT2D eigenvalue weighted by Crippen LogP contribution is 2.34. The summed E-state index contributed by atoms with van der Waals surface area (Å²) in [5.41, 5.74) is 3.97. The lowest BCUT2D eigenvalue weighted by Crippen LogP contribution is -2.48. The minimum absolute atomic E-state index is 0.572. The van der Waals surface area contributed by atoms with E-state index in [0.717, 1.165) is 0 Å². The maximum absolute atomic E-state index is 12.3. The average Bonchev–Trinajstić information content (AvgIpc) is 2.35. The van der Waals surface area contributed by atoms with E-state index in [2.05, 4.69) is 0 Å². The summed E-state index contributed by atoms with van der Waals surface area (Å²) in [6.07, 6.45) is 0. The highest BCUT2D eigenvalue weighted by atomic mass is 16.6. The van der Waals surface area contributed by atoms with Gasteiger partial charge in [0.2, 0.25) is 0 Å². The number of aliphatic carboxylic acids is 1. The summed E-state index contributed by atoms with van der Waals surface area (Å²) in [6.45, 7) is 6.34. The fraction of sp³-hybridized carbons (Fsp3) is 0.467. The fourth-order valence-corrected chi connectivity index (χ4v) is 1.73. The molecule has 0 amide bonds. The van der Waals surface area contributed by atoms with Gasteiger partial charge in [-0.3, -0.25) is 9.59 Å². The molecule has 20 heavy (non-hydrogen) atoms. The Morgan fingerprint density at radius 2 is 1.65 bits per heavy atom. The van der Waals surface area contributed by atoms with E-state index < -0.39 is 29.0 Å². The van der Waals surface area contributed by atoms with Gasteiger partial charge in [0.25, 0.3) is 0 Å². The molecule has 2 unspecified atom stereocenters. The lowest BCUT2D eigenvalue weighted by Gasteiger charge is -2.32. The Morgan fingerprint density at radius 3 is 2.05 bits per heavy atom. The van der Waals surface area contributed by atoms with Crippen LogP contribution in [0.3, 0.4) is 0 Å². The maximum Gasteiger partial charge on any atom is 0.325 e. The van der Waals surface area contributed by atoms with E-state index in [1.54, 1.807) is 51.1 Å². The van der Waals surface area contributed by atoms with Crippen molar-refractivity contribution in [3.05, 3.63) is 35.9 Å². The van der Waals surface area contributed by atoms with Crippen molar-refractivity contribution >= 4 is 11.9 Å². The summed E-state index contributed by atoms with van der Waals surface area (Å²) < 4.78 is 5.21. The Morgan fingerprint density at radius 1 is 1.15 bits per heavy atom. The van der Waals surface area contributed by atoms with E-state index in [0.29, 0.717) is 5.56 Å². The number of carbonyl (C=O) groups excluding carboxylic acids is 1. The molecule has 0 aliphatic heterocycles. The van der Waals surface area contributed by atoms with Crippen LogP contribution in [0.25, 0.3) is 0 Å². The number of benzene rings is 1. The zero-order valence-corrected chi connectivity index (χ0v) is 12.2. The van der Waals surface area contributed by atoms with Crippen LogP contribution in [0, 0.1) is 5.41 Å². The highest BCUT2D eigenvalue weighted by Gasteiger charge is 2.50. The Balaban J connectivity index is 3.16. The lowest BCUT2D eigenvalue weighted by atomic mass is 9.79. The predicted octanol–water partition coefficient (Wildman–Crippen LogP) is 2.12. The van der Waals surface area contributed by atoms with Crippen molar-refractivity contribution in [2.75, 3.05) is 0 Å². The number of esters is 1. The molecule has 0 bridgehead atoms. The van der Waals surface area contributed by atoms with Crippen LogP contribution >= 0.6 is 0 Å². The molecule has 0 radical (unpaired) electrons. The van der Waals surface area contributed by atoms with Crippen LogP contribution in [-0.4, -0.2) is 22.6 Å². The largest absolute Gasteiger partial charge is 0.480 e. The van der Waals surface area contributed by atoms with Crippen LogP contribution in [0.2, 0.25) is 0 Å². The van der Waals surface area contributed by atoms with Gasteiger partial charge in [-0.1, -0.05) is 30.3 Å². The van der Waals surface area contributed by atoms with Crippen LogP contribution in [0.4, 0.5) is 0 Å². The third-order valence-electron chi connectivity index (χ3n) is 3.05. The van der Waals surface area contributed by atoms with Crippen LogP contribution in [0.1, 0.15) is 39.3 Å². The molecule has 0 saturated carbocycles. The van der Waals surface area contributed by atoms with Crippen LogP contribution in [-0.2, 0) is 14.3 Å². The Kier molecular flexibility index (Phi) is 4.55. The third kappa shape index (κ3) is 3.36. The van der Waals surface area contributed by atoms with Gasteiger partial charge in [0.1, 0.15) is 5.60 Å². The maximum atomic E-state index is 12.3. The monoisotopic (exact) mass is 279 g/mol. The first kappa shape index (κ1) is 16.2. The van der Waals surface area contributed by atoms with Gasteiger partial charge >= 0.3 is 11.9 Å². The van der Waals surface area contributed by atoms with E-state index in [1.165, 1.54) is 6.92 Å². The van der Waals surface area contributed by atoms with E-state index in [-0.39, 0.29) is 0 Å². The zero-order chi connectivity index (χ0) is 15.6. The zero-order valence-electron chi connectivity index (χ0n) is 12.2. The summed E-state index contributed by atoms with van der Waals surface area (Å²) in [4.78, 5) is 23.8. The first-order valence-electron chi connectivity index (χ1n) is 6.36. The minimum atomic E-state index is -1.84. The molecule has 1 aromatic carbocycles. The number of carboxylic acids is 1. The second-order valence-corrected chi connectivity index (χ2v) is 5.90. The lowest BCUT2D eigenvalue weighted by molar-refractivity contribution is -0.177. The number of ether oxygens (including phenoxy) is 1. The smallest absolute Gasteiger partial charge is 0.325 e. The van der Waals surface area contributed by atoms with Crippen LogP contribution in [0.15, 0.2) is 30.3 Å². The SMILES string of the molecule is CC(C)(C)OC(=O)C(C)(C(=O)O)C(N)c1ccccc1. The van der Waals surface area contributed by atoms with Crippen molar-refractivity contribution in [3.8, 4) is 0 Å². The molecule has 0 fully saturated rings. The van der Waals surface area contributed by atoms with Crippen molar-refractivity contribution < 1.29 is 19.4 Å². The Labute approximate surface area is 118 Å². The summed E-state index contributed by atoms with van der Waals surface area (Å²) in [6, 6.07) is 7.67. The molecule has 1 aromatic rings. The minimum Gasteiger partial charge on any atom is -0.480 e. The molecule has 110 valence electrons. The molecule has 5 heteroatoms. The number of carbonyl (C=O) groups is 2. The molecule has 0 heterocycles. The molecular formula is C15H21NO4. The molecule has 0 saturated heterocycles. The molecule has 1 rings (SSSR count). The van der Waals surface area contributed by atoms with E-state index in [1.807, 2.05) is 0 Å². The van der Waals surface area contributed by atoms with Crippen molar-refractivity contribution in [2.45, 2.75) is 39.3 Å². The topological polar surface area (TPSA) is 89.6 Å². The van der Waals surface area contributed by atoms with Crippen molar-refractivity contribution in [1.82, 2.24) is 0 Å². The van der Waals surface area contributed by atoms with E-state index in [9.17, 15) is 14.7 Å². The molecule has 5 nitrogen and oxygen atoms in total. The third-order valence-corrected chi connectivity index (χ3v) is 3.05. The molecule has 0 aliphatic rings. The van der Waals surface area contributed by atoms with Gasteiger partial charge in [0.15, 0.2) is 5.41 Å². The molecule has 3 N–H and O–H groups in total. The van der Waals surface area contributed by atoms with Crippen LogP contribution in [0.5, 0.6) is 0 Å². The van der Waals surface area contributed by atoms with Gasteiger partial charge in [-0.25, -0.2) is 0 Å². The van der Waals surface area contributed by atoms with Crippen molar-refractivity contribution in [1.29, 1.82) is 0 Å². The van der Waals surface area contributed by atoms with Gasteiger partial charge < -0.3 is 15.6 Å². The predicted molar refractivity (Wildman–Crippen MR) is 75.0 cm³/mol. The second-order valence-electron chi connectivity index (χ2n) is 5.90. The van der Waals surface area contributed by atoms with Gasteiger partial charge in [0.05, 0.1) is 6.04 Å². The first-order valence-corrected chi connectivity index (χ1v) is 6.36. The molecule has 0 aromatic heterocycles. The summed E-state index contributed by atoms with van der Waals surface area (Å²) in [5, 5.41) is 9.45. The number of hydrogen-bond donors (Lipinski definition) is 2. The summed E-state index contributed by atoms with van der Waals surface area (Å²) in [5.74, 6) is -2.14. The van der Waals surface area contributed by atoms with Gasteiger partial charge in [-0.15, -0.1) is 0 Å². The molecule has 2 atom stereocenters. The number of carboxylic acid groups (broad SMARTS) is 1. The quantitative estimate of drug-likeness (QED) is 0.651. The standard InChI is InChI=1S/C15H21NO4/c1-14(2,3)20-13(19)15(4,12(17)18)11(16)10-8-6-5-7-9-10/h5-9,11H,16H2,1-4H3,(H,17,18). The Bertz CT molecular complexity index is 492. The van der Waals surface area contributed by atoms with E-state index in [4.69, 9.17) is 10.5 Å². The van der Waals surface area contributed by atoms with Gasteiger partial charge in [0, 0.05) is 0 Å². The normalized spacial score (nSPS) is 16.1. The fourth-order valence-electron chi connectivity index (χ4n) is 1.73. The Hall–Kier alpha value is -1.88. The number of hydrogen-bond acceptors (Lipinski definition) is 4. The molecule has 0 spiro atoms. The summed E-state index contributed by atoms with van der Waals surface area (Å²) >= 11 is 0. The van der Waals surface area contributed by atoms with E-state index >= 15 is 0 Å². The highest BCUT2D eigenvalue weighted by molar-refractivity contribution is 6.00. The first-order chi connectivity index (χ1) is 9.09. The second kappa shape index (κ2) is 5.63. The number of rotatable bonds is 4. The van der Waals surface area contributed by atoms with Gasteiger partial charge in [-0.2, -0.15) is 0 Å². The average molecular weight is 279 g/mol. The molecular weight excluding hydrogens is 258 g/mol.